The van der Waals surface area contributed by atoms with Crippen molar-refractivity contribution in [2.75, 3.05) is 13.1 Å². The van der Waals surface area contributed by atoms with Crippen molar-refractivity contribution < 1.29 is 4.79 Å². The second-order valence-electron chi connectivity index (χ2n) is 6.36. The van der Waals surface area contributed by atoms with Crippen LogP contribution in [-0.2, 0) is 4.79 Å². The molecule has 0 bridgehead atoms. The number of carbonyl (C=O) groups is 1. The van der Waals surface area contributed by atoms with Crippen LogP contribution in [0.3, 0.4) is 0 Å². The van der Waals surface area contributed by atoms with Crippen molar-refractivity contribution in [2.45, 2.75) is 63.2 Å². The average Bonchev–Trinajstić information content (AvgIpc) is 2.33. The molecular formula is C15H26BrNO. The Morgan fingerprint density at radius 2 is 1.83 bits per heavy atom. The van der Waals surface area contributed by atoms with E-state index in [0.717, 1.165) is 25.3 Å². The van der Waals surface area contributed by atoms with Crippen LogP contribution in [0.25, 0.3) is 0 Å². The molecule has 0 N–H and O–H groups in total. The molecule has 1 saturated heterocycles. The molecule has 3 heteroatoms. The zero-order valence-electron chi connectivity index (χ0n) is 11.7. The number of nitrogens with zero attached hydrogens (tertiary/aromatic N) is 1. The van der Waals surface area contributed by atoms with Crippen LogP contribution in [-0.4, -0.2) is 34.6 Å². The molecule has 1 aliphatic carbocycles. The highest BCUT2D eigenvalue weighted by Crippen LogP contribution is 2.30. The fraction of sp³-hybridized carbons (Fsp3) is 0.933. The van der Waals surface area contributed by atoms with Crippen LogP contribution in [0.5, 0.6) is 0 Å². The van der Waals surface area contributed by atoms with Crippen molar-refractivity contribution >= 4 is 21.7 Å². The number of hydrogen-bond acceptors (Lipinski definition) is 2. The standard InChI is InChI=1S/C15H26BrNO/c1-11-7-8-17(12(2)9-11)10-15(18)13-3-5-14(16)6-4-13/h11-14H,3-10H2,1-2H3. The van der Waals surface area contributed by atoms with E-state index in [2.05, 4.69) is 34.7 Å². The highest BCUT2D eigenvalue weighted by molar-refractivity contribution is 9.09. The third-order valence-electron chi connectivity index (χ3n) is 4.75. The van der Waals surface area contributed by atoms with Crippen molar-refractivity contribution in [3.8, 4) is 0 Å². The zero-order chi connectivity index (χ0) is 13.1. The Kier molecular flexibility index (Phi) is 5.25. The number of ketones is 1. The fourth-order valence-corrected chi connectivity index (χ4v) is 3.92. The predicted molar refractivity (Wildman–Crippen MR) is 79.1 cm³/mol. The Bertz CT molecular complexity index is 286. The van der Waals surface area contributed by atoms with E-state index in [1.165, 1.54) is 25.7 Å². The molecule has 0 spiro atoms. The summed E-state index contributed by atoms with van der Waals surface area (Å²) in [5.41, 5.74) is 0. The molecule has 0 aromatic rings. The lowest BCUT2D eigenvalue weighted by molar-refractivity contribution is -0.125. The molecule has 2 unspecified atom stereocenters. The second-order valence-corrected chi connectivity index (χ2v) is 7.66. The van der Waals surface area contributed by atoms with Crippen LogP contribution in [0.4, 0.5) is 0 Å². The van der Waals surface area contributed by atoms with Gasteiger partial charge in [0, 0.05) is 16.8 Å². The molecule has 0 radical (unpaired) electrons. The number of Topliss-reactive ketones (excluding diaryl/α,β-unsaturated/α-hetero) is 1. The third-order valence-corrected chi connectivity index (χ3v) is 5.66. The SMILES string of the molecule is CC1CCN(CC(=O)C2CCC(Br)CC2)C(C)C1. The fourth-order valence-electron chi connectivity index (χ4n) is 3.39. The largest absolute Gasteiger partial charge is 0.298 e. The minimum Gasteiger partial charge on any atom is -0.298 e. The van der Waals surface area contributed by atoms with Gasteiger partial charge < -0.3 is 0 Å². The Morgan fingerprint density at radius 3 is 2.44 bits per heavy atom. The molecule has 2 fully saturated rings. The van der Waals surface area contributed by atoms with Crippen molar-refractivity contribution in [3.63, 3.8) is 0 Å². The molecule has 104 valence electrons. The summed E-state index contributed by atoms with van der Waals surface area (Å²) < 4.78 is 0. The molecule has 2 nitrogen and oxygen atoms in total. The molecule has 1 aliphatic heterocycles. The van der Waals surface area contributed by atoms with E-state index < -0.39 is 0 Å². The predicted octanol–water partition coefficient (Wildman–Crippen LogP) is 3.63. The summed E-state index contributed by atoms with van der Waals surface area (Å²) in [6, 6.07) is 0.588. The number of carbonyl (C=O) groups excluding carboxylic acids is 1. The Morgan fingerprint density at radius 1 is 1.17 bits per heavy atom. The first-order valence-corrected chi connectivity index (χ1v) is 8.38. The Labute approximate surface area is 120 Å². The van der Waals surface area contributed by atoms with Gasteiger partial charge in [-0.15, -0.1) is 0 Å². The van der Waals surface area contributed by atoms with Gasteiger partial charge in [0.25, 0.3) is 0 Å². The van der Waals surface area contributed by atoms with E-state index >= 15 is 0 Å². The van der Waals surface area contributed by atoms with Crippen LogP contribution in [0.1, 0.15) is 52.4 Å². The normalized spacial score (nSPS) is 38.6. The van der Waals surface area contributed by atoms with Crippen LogP contribution in [0.15, 0.2) is 0 Å². The Hall–Kier alpha value is 0.110. The number of hydrogen-bond donors (Lipinski definition) is 0. The lowest BCUT2D eigenvalue weighted by Gasteiger charge is -2.37. The van der Waals surface area contributed by atoms with Gasteiger partial charge in [0.15, 0.2) is 0 Å². The quantitative estimate of drug-likeness (QED) is 0.741. The monoisotopic (exact) mass is 315 g/mol. The highest BCUT2D eigenvalue weighted by atomic mass is 79.9. The number of alkyl halides is 1. The Balaban J connectivity index is 1.80. The van der Waals surface area contributed by atoms with Gasteiger partial charge in [-0.2, -0.15) is 0 Å². The lowest BCUT2D eigenvalue weighted by atomic mass is 9.85. The zero-order valence-corrected chi connectivity index (χ0v) is 13.3. The third kappa shape index (κ3) is 3.80. The number of halogens is 1. The first kappa shape index (κ1) is 14.5. The van der Waals surface area contributed by atoms with Crippen molar-refractivity contribution in [2.24, 2.45) is 11.8 Å². The van der Waals surface area contributed by atoms with Gasteiger partial charge >= 0.3 is 0 Å². The maximum atomic E-state index is 12.3. The molecular weight excluding hydrogens is 290 g/mol. The second kappa shape index (κ2) is 6.51. The average molecular weight is 316 g/mol. The summed E-state index contributed by atoms with van der Waals surface area (Å²) in [5.74, 6) is 1.66. The molecule has 0 aromatic carbocycles. The van der Waals surface area contributed by atoms with Gasteiger partial charge in [0.05, 0.1) is 6.54 Å². The molecule has 2 rings (SSSR count). The van der Waals surface area contributed by atoms with E-state index in [1.807, 2.05) is 0 Å². The summed E-state index contributed by atoms with van der Waals surface area (Å²) in [7, 11) is 0. The molecule has 0 aromatic heterocycles. The van der Waals surface area contributed by atoms with E-state index in [9.17, 15) is 4.79 Å². The molecule has 1 saturated carbocycles. The van der Waals surface area contributed by atoms with Crippen LogP contribution in [0.2, 0.25) is 0 Å². The van der Waals surface area contributed by atoms with Crippen molar-refractivity contribution in [3.05, 3.63) is 0 Å². The van der Waals surface area contributed by atoms with Crippen LogP contribution in [0, 0.1) is 11.8 Å². The van der Waals surface area contributed by atoms with Crippen molar-refractivity contribution in [1.82, 2.24) is 4.90 Å². The van der Waals surface area contributed by atoms with Gasteiger partial charge in [0.1, 0.15) is 5.78 Å². The molecule has 2 aliphatic rings. The van der Waals surface area contributed by atoms with Gasteiger partial charge in [-0.3, -0.25) is 9.69 Å². The summed E-state index contributed by atoms with van der Waals surface area (Å²) >= 11 is 3.66. The highest BCUT2D eigenvalue weighted by Gasteiger charge is 2.29. The lowest BCUT2D eigenvalue weighted by Crippen LogP contribution is -2.44. The summed E-state index contributed by atoms with van der Waals surface area (Å²) in [5, 5.41) is 0. The summed E-state index contributed by atoms with van der Waals surface area (Å²) in [6.07, 6.45) is 7.03. The number of rotatable bonds is 3. The maximum Gasteiger partial charge on any atom is 0.149 e. The van der Waals surface area contributed by atoms with E-state index in [1.54, 1.807) is 0 Å². The summed E-state index contributed by atoms with van der Waals surface area (Å²) in [6.45, 7) is 6.42. The van der Waals surface area contributed by atoms with Gasteiger partial charge in [0.2, 0.25) is 0 Å². The van der Waals surface area contributed by atoms with Gasteiger partial charge in [-0.25, -0.2) is 0 Å². The van der Waals surface area contributed by atoms with Crippen molar-refractivity contribution in [1.29, 1.82) is 0 Å². The topological polar surface area (TPSA) is 20.3 Å². The molecule has 18 heavy (non-hydrogen) atoms. The summed E-state index contributed by atoms with van der Waals surface area (Å²) in [4.78, 5) is 15.4. The van der Waals surface area contributed by atoms with E-state index in [4.69, 9.17) is 0 Å². The first-order chi connectivity index (χ1) is 8.56. The number of likely N-dealkylation sites (tertiary alicyclic amines) is 1. The minimum absolute atomic E-state index is 0.338. The number of piperidine rings is 1. The molecule has 2 atom stereocenters. The molecule has 1 heterocycles. The first-order valence-electron chi connectivity index (χ1n) is 7.47. The maximum absolute atomic E-state index is 12.3. The van der Waals surface area contributed by atoms with Gasteiger partial charge in [-0.05, 0) is 57.9 Å². The van der Waals surface area contributed by atoms with E-state index in [0.29, 0.717) is 29.1 Å². The smallest absolute Gasteiger partial charge is 0.149 e. The molecule has 0 amide bonds. The van der Waals surface area contributed by atoms with Crippen LogP contribution >= 0.6 is 15.9 Å². The van der Waals surface area contributed by atoms with Crippen LogP contribution < -0.4 is 0 Å². The van der Waals surface area contributed by atoms with Gasteiger partial charge in [-0.1, -0.05) is 22.9 Å². The minimum atomic E-state index is 0.338. The van der Waals surface area contributed by atoms with E-state index in [-0.39, 0.29) is 0 Å².